The van der Waals surface area contributed by atoms with Gasteiger partial charge in [-0.15, -0.1) is 0 Å². The third-order valence-corrected chi connectivity index (χ3v) is 17.0. The van der Waals surface area contributed by atoms with E-state index in [0.717, 1.165) is 101 Å². The number of alkyl halides is 6. The molecule has 9 heteroatoms. The number of rotatable bonds is 2. The van der Waals surface area contributed by atoms with E-state index in [9.17, 15) is 0 Å². The van der Waals surface area contributed by atoms with Gasteiger partial charge in [0.1, 0.15) is 0 Å². The number of hydrogen-bond donors (Lipinski definition) is 0. The summed E-state index contributed by atoms with van der Waals surface area (Å²) in [7, 11) is 0. The SMILES string of the molecule is CC(C)(C)c1ccc(-c2c(-c3ccc(C(C)(C)C)cc3)n3c4c(cc(C(C)(C)C)cc24)B2c4c-3ccc3c4-n4c5c2cc(C(F)(F)F)cc5c2cc(C(F)(F)F)cc(c24)C32c3ccccc3-c3ccccc32)cc1. The second-order valence-electron chi connectivity index (χ2n) is 24.3. The van der Waals surface area contributed by atoms with Gasteiger partial charge in [0.05, 0.1) is 27.8 Å². The highest BCUT2D eigenvalue weighted by atomic mass is 19.4. The normalized spacial score (nSPS) is 15.0. The smallest absolute Gasteiger partial charge is 0.310 e. The minimum Gasteiger partial charge on any atom is -0.310 e. The largest absolute Gasteiger partial charge is 0.416 e. The van der Waals surface area contributed by atoms with Gasteiger partial charge in [-0.3, -0.25) is 0 Å². The molecule has 0 N–H and O–H groups in total. The van der Waals surface area contributed by atoms with Crippen molar-refractivity contribution in [1.29, 1.82) is 0 Å². The van der Waals surface area contributed by atoms with Crippen LogP contribution in [-0.4, -0.2) is 15.8 Å². The van der Waals surface area contributed by atoms with Crippen LogP contribution in [0.2, 0.25) is 0 Å². The molecule has 0 atom stereocenters. The van der Waals surface area contributed by atoms with E-state index in [0.29, 0.717) is 22.1 Å². The Morgan fingerprint density at radius 2 is 0.878 bits per heavy atom. The van der Waals surface area contributed by atoms with E-state index in [1.54, 1.807) is 0 Å². The van der Waals surface area contributed by atoms with E-state index >= 15 is 26.3 Å². The molecule has 74 heavy (non-hydrogen) atoms. The van der Waals surface area contributed by atoms with Gasteiger partial charge in [-0.2, -0.15) is 26.3 Å². The van der Waals surface area contributed by atoms with E-state index in [-0.39, 0.29) is 21.6 Å². The standard InChI is InChI=1S/C65H51BF6N2/c1-60(2,3)36-22-18-34(19-23-36)53-45-28-38(62(7,8)9)32-50-58(45)73(55(53)35-20-24-37(25-21-35)61(4,5)6)52-27-26-48-59-54(52)66(50)51-33-40(65(70,71)72)30-44-43-29-39(64(67,68)69)31-49(56(43)74(59)57(44)51)63(48)46-16-12-10-14-41(46)42-15-11-13-17-47(42)63/h10-33H,1-9H3. The van der Waals surface area contributed by atoms with Crippen LogP contribution in [0.4, 0.5) is 26.3 Å². The molecule has 0 fully saturated rings. The minimum atomic E-state index is -4.81. The van der Waals surface area contributed by atoms with Crippen LogP contribution in [0.15, 0.2) is 146 Å². The summed E-state index contributed by atoms with van der Waals surface area (Å²) in [6.45, 7) is 19.0. The van der Waals surface area contributed by atoms with Crippen LogP contribution in [-0.2, 0) is 34.0 Å². The fraction of sp³-hybridized carbons (Fsp3) is 0.231. The summed E-state index contributed by atoms with van der Waals surface area (Å²) >= 11 is 0. The van der Waals surface area contributed by atoms with E-state index in [1.807, 2.05) is 48.5 Å². The van der Waals surface area contributed by atoms with Crippen molar-refractivity contribution in [2.45, 2.75) is 96.3 Å². The van der Waals surface area contributed by atoms with Gasteiger partial charge in [0.25, 0.3) is 6.71 Å². The first kappa shape index (κ1) is 45.4. The lowest BCUT2D eigenvalue weighted by Gasteiger charge is -2.44. The predicted molar refractivity (Wildman–Crippen MR) is 290 cm³/mol. The van der Waals surface area contributed by atoms with E-state index < -0.39 is 41.0 Å². The number of hydrogen-bond acceptors (Lipinski definition) is 0. The van der Waals surface area contributed by atoms with E-state index in [4.69, 9.17) is 0 Å². The first-order valence-corrected chi connectivity index (χ1v) is 25.5. The Balaban J connectivity index is 1.23. The molecule has 0 unspecified atom stereocenters. The van der Waals surface area contributed by atoms with Crippen LogP contribution in [0.25, 0.3) is 77.6 Å². The van der Waals surface area contributed by atoms with Crippen molar-refractivity contribution in [2.24, 2.45) is 0 Å². The van der Waals surface area contributed by atoms with Gasteiger partial charge in [-0.1, -0.05) is 178 Å². The Morgan fingerprint density at radius 1 is 0.405 bits per heavy atom. The second-order valence-corrected chi connectivity index (χ2v) is 24.3. The van der Waals surface area contributed by atoms with E-state index in [1.165, 1.54) is 23.3 Å². The Hall–Kier alpha value is -7.26. The summed E-state index contributed by atoms with van der Waals surface area (Å²) in [5.74, 6) is 0. The van der Waals surface area contributed by atoms with Gasteiger partial charge in [-0.25, -0.2) is 0 Å². The zero-order valence-corrected chi connectivity index (χ0v) is 42.6. The van der Waals surface area contributed by atoms with Crippen molar-refractivity contribution in [1.82, 2.24) is 9.13 Å². The molecule has 1 aliphatic carbocycles. The summed E-state index contributed by atoms with van der Waals surface area (Å²) in [5, 5.41) is 1.28. The number of halogens is 6. The molecular formula is C65H51BF6N2. The topological polar surface area (TPSA) is 9.86 Å². The van der Waals surface area contributed by atoms with Crippen molar-refractivity contribution in [3.05, 3.63) is 196 Å². The summed E-state index contributed by atoms with van der Waals surface area (Å²) in [4.78, 5) is 0. The van der Waals surface area contributed by atoms with Crippen molar-refractivity contribution >= 4 is 55.8 Å². The first-order valence-electron chi connectivity index (χ1n) is 25.5. The number of nitrogens with zero attached hydrogens (tertiary/aromatic N) is 2. The maximum absolute atomic E-state index is 15.7. The van der Waals surface area contributed by atoms with Crippen LogP contribution in [0, 0.1) is 0 Å². The molecule has 0 saturated carbocycles. The van der Waals surface area contributed by atoms with Crippen LogP contribution in [0.5, 0.6) is 0 Å². The summed E-state index contributed by atoms with van der Waals surface area (Å²) in [5.41, 5.74) is 14.0. The number of aromatic nitrogens is 2. The average molecular weight is 985 g/mol. The van der Waals surface area contributed by atoms with E-state index in [2.05, 4.69) is 144 Å². The molecule has 366 valence electrons. The van der Waals surface area contributed by atoms with Gasteiger partial charge in [0.15, 0.2) is 0 Å². The molecule has 4 aliphatic rings. The van der Waals surface area contributed by atoms with Gasteiger partial charge in [0.2, 0.25) is 0 Å². The van der Waals surface area contributed by atoms with Crippen molar-refractivity contribution < 1.29 is 26.3 Å². The zero-order chi connectivity index (χ0) is 51.7. The van der Waals surface area contributed by atoms with Crippen LogP contribution in [0.3, 0.4) is 0 Å². The molecule has 2 nitrogen and oxygen atoms in total. The van der Waals surface area contributed by atoms with Crippen molar-refractivity contribution in [2.75, 3.05) is 0 Å². The Labute approximate surface area is 426 Å². The Kier molecular flexibility index (Phi) is 8.65. The summed E-state index contributed by atoms with van der Waals surface area (Å²) < 4.78 is 98.5. The highest BCUT2D eigenvalue weighted by Crippen LogP contribution is 2.62. The van der Waals surface area contributed by atoms with Crippen molar-refractivity contribution in [3.63, 3.8) is 0 Å². The third kappa shape index (κ3) is 5.76. The Morgan fingerprint density at radius 3 is 1.42 bits per heavy atom. The monoisotopic (exact) mass is 984 g/mol. The van der Waals surface area contributed by atoms with Crippen LogP contribution >= 0.6 is 0 Å². The fourth-order valence-electron chi connectivity index (χ4n) is 13.6. The van der Waals surface area contributed by atoms with Gasteiger partial charge in [-0.05, 0) is 124 Å². The predicted octanol–water partition coefficient (Wildman–Crippen LogP) is 15.8. The van der Waals surface area contributed by atoms with Crippen LogP contribution in [0.1, 0.15) is 112 Å². The first-order chi connectivity index (χ1) is 34.9. The molecule has 8 aromatic carbocycles. The zero-order valence-electron chi connectivity index (χ0n) is 42.6. The number of fused-ring (bicyclic) bond motifs is 11. The molecule has 14 rings (SSSR count). The van der Waals surface area contributed by atoms with Crippen LogP contribution < -0.4 is 16.4 Å². The average Bonchev–Trinajstić information content (AvgIpc) is 4.09. The third-order valence-electron chi connectivity index (χ3n) is 17.0. The van der Waals surface area contributed by atoms with Gasteiger partial charge < -0.3 is 9.13 Å². The van der Waals surface area contributed by atoms with Gasteiger partial charge >= 0.3 is 12.4 Å². The minimum absolute atomic E-state index is 0.100. The summed E-state index contributed by atoms with van der Waals surface area (Å²) in [6, 6.07) is 47.0. The lowest BCUT2D eigenvalue weighted by Crippen LogP contribution is -2.60. The Bertz CT molecular complexity index is 4100. The molecule has 2 aromatic heterocycles. The maximum Gasteiger partial charge on any atom is 0.416 e. The highest BCUT2D eigenvalue weighted by molar-refractivity contribution is 7.00. The van der Waals surface area contributed by atoms with Gasteiger partial charge in [0, 0.05) is 44.1 Å². The second kappa shape index (κ2) is 14.1. The molecule has 0 bridgehead atoms. The molecule has 1 spiro atoms. The summed E-state index contributed by atoms with van der Waals surface area (Å²) in [6.07, 6.45) is -9.62. The maximum atomic E-state index is 15.7. The lowest BCUT2D eigenvalue weighted by atomic mass is 9.33. The fourth-order valence-corrected chi connectivity index (χ4v) is 13.6. The molecule has 5 heterocycles. The molecule has 0 saturated heterocycles. The van der Waals surface area contributed by atoms with Crippen molar-refractivity contribution in [3.8, 4) is 44.9 Å². The molecule has 0 amide bonds. The number of benzene rings is 8. The molecular weight excluding hydrogens is 934 g/mol. The molecule has 10 aromatic rings. The quantitative estimate of drug-likeness (QED) is 0.121. The molecule has 0 radical (unpaired) electrons. The lowest BCUT2D eigenvalue weighted by molar-refractivity contribution is -0.138. The highest BCUT2D eigenvalue weighted by Gasteiger charge is 2.55. The molecule has 3 aliphatic heterocycles.